The molecular weight excluding hydrogens is 413 g/mol. The van der Waals surface area contributed by atoms with Crippen LogP contribution in [0.2, 0.25) is 0 Å². The molecule has 11 heteroatoms. The van der Waals surface area contributed by atoms with Crippen LogP contribution in [0.25, 0.3) is 21.5 Å². The first-order valence-electron chi connectivity index (χ1n) is 8.62. The SMILES string of the molecule is O=S(=O)(NC1CCNCC1)c1ccc(-c2ccnc3[nH]c(C(F)(F)F)cc23)s1. The Balaban J connectivity index is 1.66. The predicted molar refractivity (Wildman–Crippen MR) is 101 cm³/mol. The fourth-order valence-corrected chi connectivity index (χ4v) is 5.89. The molecule has 3 aromatic heterocycles. The lowest BCUT2D eigenvalue weighted by atomic mass is 10.1. The maximum atomic E-state index is 13.0. The second-order valence-corrected chi connectivity index (χ2v) is 9.59. The van der Waals surface area contributed by atoms with E-state index in [9.17, 15) is 21.6 Å². The smallest absolute Gasteiger partial charge is 0.336 e. The Bertz CT molecular complexity index is 1100. The average molecular weight is 430 g/mol. The van der Waals surface area contributed by atoms with Gasteiger partial charge in [-0.05, 0) is 50.2 Å². The molecule has 0 bridgehead atoms. The van der Waals surface area contributed by atoms with Crippen molar-refractivity contribution in [1.82, 2.24) is 20.0 Å². The topological polar surface area (TPSA) is 86.9 Å². The Labute approximate surface area is 163 Å². The summed E-state index contributed by atoms with van der Waals surface area (Å²) >= 11 is 1.02. The molecule has 0 spiro atoms. The molecule has 3 aromatic rings. The highest BCUT2D eigenvalue weighted by atomic mass is 32.2. The first-order chi connectivity index (χ1) is 13.2. The van der Waals surface area contributed by atoms with Crippen molar-refractivity contribution < 1.29 is 21.6 Å². The number of aromatic amines is 1. The number of hydrogen-bond donors (Lipinski definition) is 3. The minimum atomic E-state index is -4.51. The summed E-state index contributed by atoms with van der Waals surface area (Å²) in [4.78, 5) is 6.78. The van der Waals surface area contributed by atoms with Gasteiger partial charge in [0.2, 0.25) is 10.0 Å². The molecule has 1 aliphatic rings. The summed E-state index contributed by atoms with van der Waals surface area (Å²) in [6.45, 7) is 1.51. The van der Waals surface area contributed by atoms with Gasteiger partial charge in [-0.3, -0.25) is 0 Å². The van der Waals surface area contributed by atoms with E-state index in [-0.39, 0.29) is 15.9 Å². The Hall–Kier alpha value is -1.95. The van der Waals surface area contributed by atoms with Crippen LogP contribution in [-0.2, 0) is 16.2 Å². The van der Waals surface area contributed by atoms with Crippen molar-refractivity contribution in [2.75, 3.05) is 13.1 Å². The standard InChI is InChI=1S/C17H17F3N4O2S2/c18-17(19,20)14-9-12-11(5-8-22-16(12)23-14)13-1-2-15(27-13)28(25,26)24-10-3-6-21-7-4-10/h1-2,5,8-10,21,24H,3-4,6-7H2,(H,22,23). The van der Waals surface area contributed by atoms with E-state index < -0.39 is 21.9 Å². The molecule has 28 heavy (non-hydrogen) atoms. The number of alkyl halides is 3. The van der Waals surface area contributed by atoms with E-state index in [0.29, 0.717) is 28.7 Å². The highest BCUT2D eigenvalue weighted by molar-refractivity contribution is 7.91. The summed E-state index contributed by atoms with van der Waals surface area (Å²) in [7, 11) is -3.68. The highest BCUT2D eigenvalue weighted by Crippen LogP contribution is 2.37. The van der Waals surface area contributed by atoms with Gasteiger partial charge in [0.05, 0.1) is 0 Å². The van der Waals surface area contributed by atoms with Crippen LogP contribution in [0.15, 0.2) is 34.7 Å². The van der Waals surface area contributed by atoms with Crippen molar-refractivity contribution in [3.63, 3.8) is 0 Å². The number of rotatable bonds is 4. The van der Waals surface area contributed by atoms with Crippen molar-refractivity contribution in [3.8, 4) is 10.4 Å². The zero-order valence-electron chi connectivity index (χ0n) is 14.5. The molecule has 1 saturated heterocycles. The number of sulfonamides is 1. The molecule has 0 atom stereocenters. The van der Waals surface area contributed by atoms with E-state index in [1.807, 2.05) is 0 Å². The van der Waals surface area contributed by atoms with E-state index in [1.54, 1.807) is 12.1 Å². The van der Waals surface area contributed by atoms with Crippen LogP contribution in [0, 0.1) is 0 Å². The molecule has 0 radical (unpaired) electrons. The largest absolute Gasteiger partial charge is 0.431 e. The van der Waals surface area contributed by atoms with Crippen molar-refractivity contribution in [1.29, 1.82) is 0 Å². The molecule has 4 heterocycles. The molecule has 1 aliphatic heterocycles. The van der Waals surface area contributed by atoms with Crippen LogP contribution in [0.1, 0.15) is 18.5 Å². The van der Waals surface area contributed by atoms with Crippen LogP contribution in [0.4, 0.5) is 13.2 Å². The lowest BCUT2D eigenvalue weighted by molar-refractivity contribution is -0.140. The fourth-order valence-electron chi connectivity index (χ4n) is 3.22. The Morgan fingerprint density at radius 1 is 1.18 bits per heavy atom. The molecule has 150 valence electrons. The van der Waals surface area contributed by atoms with Gasteiger partial charge >= 0.3 is 6.18 Å². The maximum Gasteiger partial charge on any atom is 0.431 e. The molecule has 0 amide bonds. The molecule has 3 N–H and O–H groups in total. The predicted octanol–water partition coefficient (Wildman–Crippen LogP) is 3.34. The zero-order valence-corrected chi connectivity index (χ0v) is 16.1. The summed E-state index contributed by atoms with van der Waals surface area (Å²) in [5, 5.41) is 3.47. The van der Waals surface area contributed by atoms with Gasteiger partial charge in [-0.2, -0.15) is 13.2 Å². The summed E-state index contributed by atoms with van der Waals surface area (Å²) in [6, 6.07) is 5.55. The number of nitrogens with zero attached hydrogens (tertiary/aromatic N) is 1. The molecule has 0 aliphatic carbocycles. The van der Waals surface area contributed by atoms with Gasteiger partial charge in [0.1, 0.15) is 15.6 Å². The van der Waals surface area contributed by atoms with Gasteiger partial charge in [-0.1, -0.05) is 0 Å². The van der Waals surface area contributed by atoms with E-state index >= 15 is 0 Å². The first kappa shape index (κ1) is 19.4. The second-order valence-electron chi connectivity index (χ2n) is 6.57. The highest BCUT2D eigenvalue weighted by Gasteiger charge is 2.33. The number of nitrogens with one attached hydrogen (secondary N) is 3. The minimum absolute atomic E-state index is 0.107. The van der Waals surface area contributed by atoms with E-state index in [2.05, 4.69) is 20.0 Å². The minimum Gasteiger partial charge on any atom is -0.336 e. The number of pyridine rings is 1. The molecule has 4 rings (SSSR count). The van der Waals surface area contributed by atoms with Crippen molar-refractivity contribution in [3.05, 3.63) is 36.2 Å². The maximum absolute atomic E-state index is 13.0. The molecule has 6 nitrogen and oxygen atoms in total. The zero-order chi connectivity index (χ0) is 19.9. The van der Waals surface area contributed by atoms with Crippen LogP contribution >= 0.6 is 11.3 Å². The first-order valence-corrected chi connectivity index (χ1v) is 10.9. The number of aromatic nitrogens is 2. The van der Waals surface area contributed by atoms with Crippen molar-refractivity contribution in [2.45, 2.75) is 29.3 Å². The number of thiophene rings is 1. The number of hydrogen-bond acceptors (Lipinski definition) is 5. The summed E-state index contributed by atoms with van der Waals surface area (Å²) in [6.07, 6.45) is -1.69. The van der Waals surface area contributed by atoms with E-state index in [1.165, 1.54) is 12.3 Å². The van der Waals surface area contributed by atoms with E-state index in [4.69, 9.17) is 0 Å². The van der Waals surface area contributed by atoms with Crippen molar-refractivity contribution >= 4 is 32.4 Å². The van der Waals surface area contributed by atoms with Crippen LogP contribution in [-0.4, -0.2) is 37.5 Å². The lowest BCUT2D eigenvalue weighted by Gasteiger charge is -2.23. The quantitative estimate of drug-likeness (QED) is 0.593. The third kappa shape index (κ3) is 3.79. The van der Waals surface area contributed by atoms with Crippen LogP contribution < -0.4 is 10.0 Å². The van der Waals surface area contributed by atoms with Gasteiger partial charge in [0.25, 0.3) is 0 Å². The van der Waals surface area contributed by atoms with Crippen molar-refractivity contribution in [2.24, 2.45) is 0 Å². The molecule has 0 unspecified atom stereocenters. The Kier molecular flexibility index (Phi) is 4.94. The molecule has 1 fully saturated rings. The monoisotopic (exact) mass is 430 g/mol. The normalized spacial score (nSPS) is 16.7. The lowest BCUT2D eigenvalue weighted by Crippen LogP contribution is -2.42. The van der Waals surface area contributed by atoms with Gasteiger partial charge in [0.15, 0.2) is 0 Å². The van der Waals surface area contributed by atoms with Gasteiger partial charge in [-0.15, -0.1) is 11.3 Å². The Morgan fingerprint density at radius 2 is 1.93 bits per heavy atom. The number of halogens is 3. The Morgan fingerprint density at radius 3 is 2.64 bits per heavy atom. The molecular formula is C17H17F3N4O2S2. The number of piperidine rings is 1. The summed E-state index contributed by atoms with van der Waals surface area (Å²) in [5.74, 6) is 0. The second kappa shape index (κ2) is 7.14. The average Bonchev–Trinajstić information content (AvgIpc) is 3.29. The summed E-state index contributed by atoms with van der Waals surface area (Å²) < 4.78 is 67.1. The summed E-state index contributed by atoms with van der Waals surface area (Å²) in [5.41, 5.74) is -0.278. The van der Waals surface area contributed by atoms with Gasteiger partial charge in [-0.25, -0.2) is 18.1 Å². The number of H-pyrrole nitrogens is 1. The third-order valence-electron chi connectivity index (χ3n) is 4.61. The van der Waals surface area contributed by atoms with E-state index in [0.717, 1.165) is 30.5 Å². The van der Waals surface area contributed by atoms with Gasteiger partial charge in [0, 0.05) is 28.1 Å². The van der Waals surface area contributed by atoms with Gasteiger partial charge < -0.3 is 10.3 Å². The third-order valence-corrected chi connectivity index (χ3v) is 7.74. The molecule has 0 saturated carbocycles. The van der Waals surface area contributed by atoms with Crippen LogP contribution in [0.3, 0.4) is 0 Å². The molecule has 0 aromatic carbocycles. The fraction of sp³-hybridized carbons (Fsp3) is 0.353. The number of fused-ring (bicyclic) bond motifs is 1. The van der Waals surface area contributed by atoms with Crippen LogP contribution in [0.5, 0.6) is 0 Å².